The normalized spacial score (nSPS) is 12.5. The number of anilines is 1. The van der Waals surface area contributed by atoms with Crippen LogP contribution in [0.1, 0.15) is 6.92 Å². The number of carboxylic acid groups (broad SMARTS) is 1. The Bertz CT molecular complexity index is 400. The van der Waals surface area contributed by atoms with E-state index in [4.69, 9.17) is 22.4 Å². The molecule has 1 atom stereocenters. The molecule has 0 saturated carbocycles. The highest BCUT2D eigenvalue weighted by Gasteiger charge is 2.15. The van der Waals surface area contributed by atoms with Gasteiger partial charge in [0.05, 0.1) is 10.7 Å². The summed E-state index contributed by atoms with van der Waals surface area (Å²) in [5.74, 6) is -1.56. The number of carbonyl (C=O) groups is 1. The van der Waals surface area contributed by atoms with Gasteiger partial charge in [0, 0.05) is 4.90 Å². The van der Waals surface area contributed by atoms with Crippen molar-refractivity contribution in [2.45, 2.75) is 17.1 Å². The Morgan fingerprint density at radius 1 is 1.67 bits per heavy atom. The maximum absolute atomic E-state index is 12.9. The number of thioether (sulfide) groups is 1. The molecule has 0 spiro atoms. The Balaban J connectivity index is 2.95. The molecule has 0 aliphatic carbocycles. The van der Waals surface area contributed by atoms with Crippen LogP contribution in [-0.2, 0) is 4.79 Å². The van der Waals surface area contributed by atoms with Gasteiger partial charge in [-0.2, -0.15) is 0 Å². The van der Waals surface area contributed by atoms with Crippen LogP contribution in [0.5, 0.6) is 0 Å². The minimum absolute atomic E-state index is 0.0421. The number of benzene rings is 1. The Hall–Kier alpha value is -0.940. The van der Waals surface area contributed by atoms with Crippen molar-refractivity contribution in [3.63, 3.8) is 0 Å². The van der Waals surface area contributed by atoms with Crippen molar-refractivity contribution in [1.29, 1.82) is 0 Å². The fourth-order valence-electron chi connectivity index (χ4n) is 0.876. The molecule has 82 valence electrons. The molecule has 0 bridgehead atoms. The molecule has 15 heavy (non-hydrogen) atoms. The summed E-state index contributed by atoms with van der Waals surface area (Å²) in [4.78, 5) is 11.1. The zero-order valence-corrected chi connectivity index (χ0v) is 9.40. The first-order valence-corrected chi connectivity index (χ1v) is 5.31. The van der Waals surface area contributed by atoms with Crippen LogP contribution in [-0.4, -0.2) is 16.3 Å². The van der Waals surface area contributed by atoms with E-state index in [2.05, 4.69) is 0 Å². The smallest absolute Gasteiger partial charge is 0.316 e. The van der Waals surface area contributed by atoms with E-state index in [0.717, 1.165) is 17.8 Å². The minimum Gasteiger partial charge on any atom is -0.480 e. The maximum atomic E-state index is 12.9. The average Bonchev–Trinajstić information content (AvgIpc) is 2.13. The van der Waals surface area contributed by atoms with Gasteiger partial charge in [-0.05, 0) is 19.1 Å². The summed E-state index contributed by atoms with van der Waals surface area (Å²) >= 11 is 6.76. The summed E-state index contributed by atoms with van der Waals surface area (Å²) in [6.07, 6.45) is 0. The third kappa shape index (κ3) is 3.00. The van der Waals surface area contributed by atoms with Crippen molar-refractivity contribution >= 4 is 35.0 Å². The van der Waals surface area contributed by atoms with E-state index in [1.165, 1.54) is 13.0 Å². The Labute approximate surface area is 95.4 Å². The van der Waals surface area contributed by atoms with Crippen LogP contribution in [0.4, 0.5) is 10.1 Å². The van der Waals surface area contributed by atoms with Gasteiger partial charge >= 0.3 is 5.97 Å². The molecule has 0 saturated heterocycles. The third-order valence-corrected chi connectivity index (χ3v) is 3.27. The van der Waals surface area contributed by atoms with E-state index >= 15 is 0 Å². The molecule has 0 aliphatic rings. The average molecular weight is 250 g/mol. The molecular formula is C9H9ClFNO2S. The summed E-state index contributed by atoms with van der Waals surface area (Å²) in [6, 6.07) is 2.41. The Kier molecular flexibility index (Phi) is 3.82. The minimum atomic E-state index is -0.959. The Morgan fingerprint density at radius 2 is 2.27 bits per heavy atom. The van der Waals surface area contributed by atoms with E-state index in [1.54, 1.807) is 0 Å². The van der Waals surface area contributed by atoms with Crippen LogP contribution in [0.25, 0.3) is 0 Å². The molecule has 0 heterocycles. The van der Waals surface area contributed by atoms with Crippen molar-refractivity contribution in [3.8, 4) is 0 Å². The van der Waals surface area contributed by atoms with Crippen LogP contribution < -0.4 is 5.73 Å². The number of halogens is 2. The van der Waals surface area contributed by atoms with Crippen molar-refractivity contribution < 1.29 is 14.3 Å². The molecule has 3 nitrogen and oxygen atoms in total. The topological polar surface area (TPSA) is 63.3 Å². The number of hydrogen-bond acceptors (Lipinski definition) is 3. The SMILES string of the molecule is CC(Sc1cc(N)c(F)cc1Cl)C(=O)O. The summed E-state index contributed by atoms with van der Waals surface area (Å²) < 4.78 is 12.9. The molecule has 1 aromatic rings. The number of aliphatic carboxylic acids is 1. The lowest BCUT2D eigenvalue weighted by Crippen LogP contribution is -2.11. The fourth-order valence-corrected chi connectivity index (χ4v) is 2.01. The molecule has 0 aliphatic heterocycles. The monoisotopic (exact) mass is 249 g/mol. The zero-order chi connectivity index (χ0) is 11.6. The van der Waals surface area contributed by atoms with Gasteiger partial charge in [0.1, 0.15) is 11.1 Å². The number of nitrogens with two attached hydrogens (primary N) is 1. The molecule has 0 amide bonds. The third-order valence-electron chi connectivity index (χ3n) is 1.70. The number of hydrogen-bond donors (Lipinski definition) is 2. The van der Waals surface area contributed by atoms with E-state index in [1.807, 2.05) is 0 Å². The largest absolute Gasteiger partial charge is 0.480 e. The molecule has 3 N–H and O–H groups in total. The van der Waals surface area contributed by atoms with Crippen LogP contribution in [0.2, 0.25) is 5.02 Å². The first-order valence-electron chi connectivity index (χ1n) is 4.05. The summed E-state index contributed by atoms with van der Waals surface area (Å²) in [7, 11) is 0. The lowest BCUT2D eigenvalue weighted by atomic mass is 10.3. The number of carboxylic acids is 1. The van der Waals surface area contributed by atoms with Crippen molar-refractivity contribution in [1.82, 2.24) is 0 Å². The quantitative estimate of drug-likeness (QED) is 0.639. The molecule has 1 unspecified atom stereocenters. The first kappa shape index (κ1) is 12.1. The highest BCUT2D eigenvalue weighted by Crippen LogP contribution is 2.33. The van der Waals surface area contributed by atoms with Crippen molar-refractivity contribution in [2.24, 2.45) is 0 Å². The van der Waals surface area contributed by atoms with Gasteiger partial charge in [-0.1, -0.05) is 11.6 Å². The highest BCUT2D eigenvalue weighted by atomic mass is 35.5. The summed E-state index contributed by atoms with van der Waals surface area (Å²) in [5, 5.41) is 8.20. The van der Waals surface area contributed by atoms with E-state index in [-0.39, 0.29) is 10.7 Å². The zero-order valence-electron chi connectivity index (χ0n) is 7.83. The number of nitrogen functional groups attached to an aromatic ring is 1. The van der Waals surface area contributed by atoms with Crippen LogP contribution >= 0.6 is 23.4 Å². The predicted molar refractivity (Wildman–Crippen MR) is 58.8 cm³/mol. The van der Waals surface area contributed by atoms with Crippen molar-refractivity contribution in [3.05, 3.63) is 23.0 Å². The number of rotatable bonds is 3. The molecule has 1 aromatic carbocycles. The molecule has 0 fully saturated rings. The molecule has 0 radical (unpaired) electrons. The fraction of sp³-hybridized carbons (Fsp3) is 0.222. The van der Waals surface area contributed by atoms with E-state index < -0.39 is 17.0 Å². The van der Waals surface area contributed by atoms with Gasteiger partial charge in [-0.3, -0.25) is 4.79 Å². The second-order valence-electron chi connectivity index (χ2n) is 2.90. The second-order valence-corrected chi connectivity index (χ2v) is 4.69. The standard InChI is InChI=1S/C9H9ClFNO2S/c1-4(9(13)14)15-8-3-7(12)6(11)2-5(8)10/h2-4H,12H2,1H3,(H,13,14). The summed E-state index contributed by atoms with van der Waals surface area (Å²) in [6.45, 7) is 1.52. The molecule has 1 rings (SSSR count). The van der Waals surface area contributed by atoms with E-state index in [9.17, 15) is 9.18 Å². The van der Waals surface area contributed by atoms with Crippen LogP contribution in [0, 0.1) is 5.82 Å². The van der Waals surface area contributed by atoms with Gasteiger partial charge < -0.3 is 10.8 Å². The molecular weight excluding hydrogens is 241 g/mol. The van der Waals surface area contributed by atoms with Gasteiger partial charge in [0.2, 0.25) is 0 Å². The van der Waals surface area contributed by atoms with Crippen LogP contribution in [0.15, 0.2) is 17.0 Å². The molecule has 6 heteroatoms. The van der Waals surface area contributed by atoms with E-state index in [0.29, 0.717) is 4.90 Å². The highest BCUT2D eigenvalue weighted by molar-refractivity contribution is 8.00. The lowest BCUT2D eigenvalue weighted by Gasteiger charge is -2.09. The predicted octanol–water partition coefficient (Wildman–Crippen LogP) is 2.63. The van der Waals surface area contributed by atoms with Gasteiger partial charge in [-0.15, -0.1) is 11.8 Å². The Morgan fingerprint density at radius 3 is 2.80 bits per heavy atom. The van der Waals surface area contributed by atoms with Crippen molar-refractivity contribution in [2.75, 3.05) is 5.73 Å². The maximum Gasteiger partial charge on any atom is 0.316 e. The lowest BCUT2D eigenvalue weighted by molar-refractivity contribution is -0.136. The van der Waals surface area contributed by atoms with Gasteiger partial charge in [0.25, 0.3) is 0 Å². The van der Waals surface area contributed by atoms with Gasteiger partial charge in [0.15, 0.2) is 0 Å². The second kappa shape index (κ2) is 4.72. The first-order chi connectivity index (χ1) is 6.91. The van der Waals surface area contributed by atoms with Crippen LogP contribution in [0.3, 0.4) is 0 Å². The molecule has 0 aromatic heterocycles. The summed E-state index contributed by atoms with van der Waals surface area (Å²) in [5.41, 5.74) is 5.30. The van der Waals surface area contributed by atoms with Gasteiger partial charge in [-0.25, -0.2) is 4.39 Å².